The molecule has 0 spiro atoms. The van der Waals surface area contributed by atoms with E-state index in [0.717, 1.165) is 0 Å². The van der Waals surface area contributed by atoms with Crippen LogP contribution in [0.15, 0.2) is 16.9 Å². The smallest absolute Gasteiger partial charge is 0.282 e. The number of ether oxygens (including phenoxy) is 2. The lowest BCUT2D eigenvalue weighted by Gasteiger charge is -2.36. The van der Waals surface area contributed by atoms with Gasteiger partial charge in [0, 0.05) is 66.2 Å². The minimum absolute atomic E-state index is 0.0606. The molecule has 0 unspecified atom stereocenters. The molecule has 34 heavy (non-hydrogen) atoms. The topological polar surface area (TPSA) is 105 Å². The van der Waals surface area contributed by atoms with Gasteiger partial charge in [0.25, 0.3) is 5.56 Å². The fraction of sp³-hybridized carbons (Fsp3) is 0.524. The number of hydrogen-bond donors (Lipinski definition) is 1. The van der Waals surface area contributed by atoms with Gasteiger partial charge in [0.1, 0.15) is 5.69 Å². The molecule has 184 valence electrons. The van der Waals surface area contributed by atoms with Gasteiger partial charge in [-0.15, -0.1) is 5.10 Å². The quantitative estimate of drug-likeness (QED) is 0.477. The van der Waals surface area contributed by atoms with E-state index in [9.17, 15) is 4.79 Å². The molecule has 0 saturated carbocycles. The molecule has 3 aromatic rings. The molecular formula is C21H28F2N8O3. The van der Waals surface area contributed by atoms with Gasteiger partial charge in [-0.25, -0.2) is 13.5 Å². The Hall–Kier alpha value is -3.32. The van der Waals surface area contributed by atoms with Gasteiger partial charge < -0.3 is 24.2 Å². The number of fused-ring (bicyclic) bond motifs is 1. The number of aryl methyl sites for hydroxylation is 1. The van der Waals surface area contributed by atoms with Gasteiger partial charge in [-0.3, -0.25) is 9.78 Å². The molecule has 3 heterocycles. The Morgan fingerprint density at radius 1 is 1.03 bits per heavy atom. The lowest BCUT2D eigenvalue weighted by molar-refractivity contribution is 0.190. The number of aromatic amines is 1. The highest BCUT2D eigenvalue weighted by Gasteiger charge is 2.25. The van der Waals surface area contributed by atoms with Gasteiger partial charge in [0.15, 0.2) is 22.8 Å². The van der Waals surface area contributed by atoms with Crippen LogP contribution in [-0.4, -0.2) is 91.7 Å². The zero-order valence-electron chi connectivity index (χ0n) is 19.4. The van der Waals surface area contributed by atoms with Gasteiger partial charge in [0.05, 0.1) is 13.2 Å². The van der Waals surface area contributed by atoms with Crippen molar-refractivity contribution in [2.24, 2.45) is 7.05 Å². The Kier molecular flexibility index (Phi) is 7.22. The molecule has 1 aromatic carbocycles. The van der Waals surface area contributed by atoms with Crippen LogP contribution in [0.25, 0.3) is 11.2 Å². The maximum absolute atomic E-state index is 15.1. The minimum Gasteiger partial charge on any atom is -0.383 e. The molecule has 0 atom stereocenters. The summed E-state index contributed by atoms with van der Waals surface area (Å²) in [4.78, 5) is 24.8. The van der Waals surface area contributed by atoms with E-state index in [0.29, 0.717) is 69.8 Å². The average molecular weight is 479 g/mol. The molecule has 2 aromatic heterocycles. The second-order valence-electron chi connectivity index (χ2n) is 7.98. The molecule has 0 amide bonds. The Morgan fingerprint density at radius 3 is 2.21 bits per heavy atom. The van der Waals surface area contributed by atoms with Gasteiger partial charge in [-0.2, -0.15) is 4.98 Å². The average Bonchev–Trinajstić information content (AvgIpc) is 3.20. The van der Waals surface area contributed by atoms with Crippen LogP contribution in [0.3, 0.4) is 0 Å². The molecule has 0 bridgehead atoms. The number of nitrogens with zero attached hydrogens (tertiary/aromatic N) is 7. The van der Waals surface area contributed by atoms with Crippen molar-refractivity contribution in [3.8, 4) is 0 Å². The molecule has 1 N–H and O–H groups in total. The molecular weight excluding hydrogens is 450 g/mol. The summed E-state index contributed by atoms with van der Waals surface area (Å²) in [6.45, 7) is 3.38. The number of piperazine rings is 1. The van der Waals surface area contributed by atoms with Crippen molar-refractivity contribution < 1.29 is 18.3 Å². The summed E-state index contributed by atoms with van der Waals surface area (Å²) in [7, 11) is 4.81. The zero-order valence-corrected chi connectivity index (χ0v) is 19.4. The number of rotatable bonds is 9. The van der Waals surface area contributed by atoms with E-state index < -0.39 is 11.6 Å². The fourth-order valence-electron chi connectivity index (χ4n) is 4.01. The molecule has 0 aliphatic carbocycles. The second-order valence-corrected chi connectivity index (χ2v) is 7.98. The second kappa shape index (κ2) is 10.3. The Morgan fingerprint density at radius 2 is 1.62 bits per heavy atom. The summed E-state index contributed by atoms with van der Waals surface area (Å²) in [5, 5.41) is 7.63. The third kappa shape index (κ3) is 4.80. The number of hydrogen-bond acceptors (Lipinski definition) is 9. The van der Waals surface area contributed by atoms with Gasteiger partial charge in [0.2, 0.25) is 5.95 Å². The first-order valence-electron chi connectivity index (χ1n) is 10.9. The number of H-pyrrole nitrogens is 1. The Balaban J connectivity index is 1.50. The molecule has 1 aliphatic rings. The molecule has 1 fully saturated rings. The minimum atomic E-state index is -0.628. The number of benzene rings is 1. The summed E-state index contributed by atoms with van der Waals surface area (Å²) < 4.78 is 41.8. The van der Waals surface area contributed by atoms with E-state index in [1.54, 1.807) is 26.2 Å². The van der Waals surface area contributed by atoms with Crippen LogP contribution in [0.4, 0.5) is 26.1 Å². The highest BCUT2D eigenvalue weighted by Crippen LogP contribution is 2.30. The van der Waals surface area contributed by atoms with Crippen molar-refractivity contribution in [2.45, 2.75) is 0 Å². The highest BCUT2D eigenvalue weighted by atomic mass is 19.1. The predicted octanol–water partition coefficient (Wildman–Crippen LogP) is 0.756. The zero-order chi connectivity index (χ0) is 24.2. The lowest BCUT2D eigenvalue weighted by Crippen LogP contribution is -2.48. The molecule has 4 rings (SSSR count). The van der Waals surface area contributed by atoms with E-state index in [-0.39, 0.29) is 16.8 Å². The van der Waals surface area contributed by atoms with E-state index in [1.807, 2.05) is 9.80 Å². The van der Waals surface area contributed by atoms with Crippen molar-refractivity contribution in [1.29, 1.82) is 0 Å². The van der Waals surface area contributed by atoms with Crippen molar-refractivity contribution in [1.82, 2.24) is 25.0 Å². The summed E-state index contributed by atoms with van der Waals surface area (Å²) in [5.74, 6) is -0.875. The van der Waals surface area contributed by atoms with E-state index in [1.165, 1.54) is 16.8 Å². The molecule has 0 radical (unpaired) electrons. The molecule has 13 heteroatoms. The van der Waals surface area contributed by atoms with E-state index in [4.69, 9.17) is 9.47 Å². The Labute approximate surface area is 194 Å². The summed E-state index contributed by atoms with van der Waals surface area (Å²) in [6.07, 6.45) is 0. The highest BCUT2D eigenvalue weighted by molar-refractivity contribution is 5.69. The number of methoxy groups -OCH3 is 2. The SMILES string of the molecule is COCCN(CCOC)c1cc(F)c(N2CCN(c3nc4c(nnn4C)c(=O)[nH]3)CC2)c(F)c1. The normalized spacial score (nSPS) is 14.3. The third-order valence-corrected chi connectivity index (χ3v) is 5.84. The first-order chi connectivity index (χ1) is 16.4. The monoisotopic (exact) mass is 478 g/mol. The first-order valence-corrected chi connectivity index (χ1v) is 10.9. The summed E-state index contributed by atoms with van der Waals surface area (Å²) in [5.41, 5.74) is 0.537. The number of aromatic nitrogens is 5. The van der Waals surface area contributed by atoms with E-state index in [2.05, 4.69) is 20.3 Å². The van der Waals surface area contributed by atoms with Gasteiger partial charge >= 0.3 is 0 Å². The van der Waals surface area contributed by atoms with Crippen LogP contribution >= 0.6 is 0 Å². The van der Waals surface area contributed by atoms with E-state index >= 15 is 8.78 Å². The maximum atomic E-state index is 15.1. The largest absolute Gasteiger partial charge is 0.383 e. The molecule has 11 nitrogen and oxygen atoms in total. The number of nitrogens with one attached hydrogen (secondary N) is 1. The van der Waals surface area contributed by atoms with Crippen LogP contribution in [0.5, 0.6) is 0 Å². The molecule has 1 aliphatic heterocycles. The lowest BCUT2D eigenvalue weighted by atomic mass is 10.2. The van der Waals surface area contributed by atoms with Crippen molar-refractivity contribution in [3.05, 3.63) is 34.1 Å². The first kappa shape index (κ1) is 23.8. The van der Waals surface area contributed by atoms with Crippen molar-refractivity contribution in [2.75, 3.05) is 81.4 Å². The van der Waals surface area contributed by atoms with Crippen LogP contribution in [-0.2, 0) is 16.5 Å². The standard InChI is InChI=1S/C21H28F2N8O3/c1-28-19-17(26-27-28)20(32)25-21(24-19)31-6-4-30(5-7-31)18-15(22)12-14(13-16(18)23)29(8-10-33-2)9-11-34-3/h12-13H,4-11H2,1-3H3,(H,24,25,32). The van der Waals surface area contributed by atoms with Crippen LogP contribution in [0.1, 0.15) is 0 Å². The summed E-state index contributed by atoms with van der Waals surface area (Å²) in [6, 6.07) is 2.69. The van der Waals surface area contributed by atoms with Crippen LogP contribution in [0.2, 0.25) is 0 Å². The molecule has 1 saturated heterocycles. The van der Waals surface area contributed by atoms with Crippen LogP contribution in [0, 0.1) is 11.6 Å². The summed E-state index contributed by atoms with van der Waals surface area (Å²) >= 11 is 0. The van der Waals surface area contributed by atoms with Gasteiger partial charge in [-0.1, -0.05) is 5.21 Å². The fourth-order valence-corrected chi connectivity index (χ4v) is 4.01. The van der Waals surface area contributed by atoms with Crippen molar-refractivity contribution in [3.63, 3.8) is 0 Å². The third-order valence-electron chi connectivity index (χ3n) is 5.84. The number of anilines is 3. The predicted molar refractivity (Wildman–Crippen MR) is 124 cm³/mol. The van der Waals surface area contributed by atoms with Crippen molar-refractivity contribution >= 4 is 28.5 Å². The number of halogens is 2. The van der Waals surface area contributed by atoms with Gasteiger partial charge in [-0.05, 0) is 12.1 Å². The Bertz CT molecular complexity index is 1160. The maximum Gasteiger partial charge on any atom is 0.282 e. The van der Waals surface area contributed by atoms with Crippen LogP contribution < -0.4 is 20.3 Å².